The Labute approximate surface area is 187 Å². The van der Waals surface area contributed by atoms with Crippen LogP contribution >= 0.6 is 15.9 Å². The first-order valence-corrected chi connectivity index (χ1v) is 10.4. The number of amides is 1. The molecule has 2 aromatic carbocycles. The predicted molar refractivity (Wildman–Crippen MR) is 119 cm³/mol. The van der Waals surface area contributed by atoms with Crippen LogP contribution in [0.4, 0.5) is 11.6 Å². The molecule has 0 saturated heterocycles. The lowest BCUT2D eigenvalue weighted by atomic mass is 9.94. The molecule has 0 fully saturated rings. The number of hydrogen-bond donors (Lipinski definition) is 2. The van der Waals surface area contributed by atoms with E-state index in [1.807, 2.05) is 56.3 Å². The van der Waals surface area contributed by atoms with Crippen LogP contribution in [-0.2, 0) is 4.79 Å². The number of methoxy groups -OCH3 is 1. The van der Waals surface area contributed by atoms with Crippen LogP contribution in [0.5, 0.6) is 11.5 Å². The van der Waals surface area contributed by atoms with Crippen LogP contribution in [0, 0.1) is 0 Å². The first-order chi connectivity index (χ1) is 15.0. The summed E-state index contributed by atoms with van der Waals surface area (Å²) < 4.78 is 13.5. The number of allylic oxidation sites excluding steroid dienone is 1. The summed E-state index contributed by atoms with van der Waals surface area (Å²) in [6.45, 7) is 4.21. The quantitative estimate of drug-likeness (QED) is 0.548. The van der Waals surface area contributed by atoms with Crippen LogP contribution in [0.1, 0.15) is 25.5 Å². The first kappa shape index (κ1) is 20.9. The van der Waals surface area contributed by atoms with Crippen molar-refractivity contribution in [2.45, 2.75) is 19.9 Å². The number of carbonyl (C=O) groups is 1. The highest BCUT2D eigenvalue weighted by atomic mass is 79.9. The monoisotopic (exact) mass is 484 g/mol. The summed E-state index contributed by atoms with van der Waals surface area (Å²) in [5.74, 6) is 1.32. The Morgan fingerprint density at radius 3 is 2.77 bits per heavy atom. The zero-order valence-electron chi connectivity index (χ0n) is 17.2. The number of fused-ring (bicyclic) bond motifs is 1. The number of ether oxygens (including phenoxy) is 2. The SMILES string of the molecule is CCOc1c(Br)cc([C@@H]2C(C(=O)Nc3ccccc3)=C(C)Nc3nnnn32)cc1OC. The van der Waals surface area contributed by atoms with Gasteiger partial charge in [0.15, 0.2) is 11.5 Å². The molecule has 0 spiro atoms. The van der Waals surface area contributed by atoms with E-state index < -0.39 is 6.04 Å². The maximum absolute atomic E-state index is 13.3. The summed E-state index contributed by atoms with van der Waals surface area (Å²) >= 11 is 3.56. The maximum Gasteiger partial charge on any atom is 0.255 e. The molecule has 3 aromatic rings. The molecule has 0 bridgehead atoms. The molecule has 1 aliphatic rings. The fourth-order valence-electron chi connectivity index (χ4n) is 3.52. The molecular formula is C21H21BrN6O3. The van der Waals surface area contributed by atoms with Gasteiger partial charge in [0, 0.05) is 11.4 Å². The highest BCUT2D eigenvalue weighted by Crippen LogP contribution is 2.42. The van der Waals surface area contributed by atoms with Gasteiger partial charge in [0.1, 0.15) is 6.04 Å². The van der Waals surface area contributed by atoms with E-state index in [0.717, 1.165) is 5.56 Å². The number of tetrazole rings is 1. The zero-order chi connectivity index (χ0) is 22.0. The van der Waals surface area contributed by atoms with Crippen LogP contribution in [0.25, 0.3) is 0 Å². The minimum absolute atomic E-state index is 0.258. The third-order valence-electron chi connectivity index (χ3n) is 4.85. The van der Waals surface area contributed by atoms with Gasteiger partial charge in [-0.15, -0.1) is 0 Å². The standard InChI is InChI=1S/C21H21BrN6O3/c1-4-31-19-15(22)10-13(11-16(19)30-3)18-17(12(2)23-21-25-26-27-28(18)21)20(29)24-14-8-6-5-7-9-14/h5-11,18H,4H2,1-3H3,(H,24,29)(H,23,25,27)/t18-/m1/s1. The Bertz CT molecular complexity index is 1150. The van der Waals surface area contributed by atoms with Gasteiger partial charge >= 0.3 is 0 Å². The Balaban J connectivity index is 1.81. The van der Waals surface area contributed by atoms with Crippen molar-refractivity contribution in [2.24, 2.45) is 0 Å². The Hall–Kier alpha value is -3.40. The first-order valence-electron chi connectivity index (χ1n) is 9.65. The van der Waals surface area contributed by atoms with E-state index in [9.17, 15) is 4.79 Å². The molecule has 0 aliphatic carbocycles. The second kappa shape index (κ2) is 8.76. The average Bonchev–Trinajstić information content (AvgIpc) is 3.22. The van der Waals surface area contributed by atoms with E-state index in [1.54, 1.807) is 11.8 Å². The molecular weight excluding hydrogens is 464 g/mol. The summed E-state index contributed by atoms with van der Waals surface area (Å²) in [6.07, 6.45) is 0. The number of benzene rings is 2. The van der Waals surface area contributed by atoms with Gasteiger partial charge in [-0.2, -0.15) is 4.68 Å². The van der Waals surface area contributed by atoms with Crippen molar-refractivity contribution >= 4 is 33.5 Å². The number of rotatable bonds is 6. The molecule has 0 saturated carbocycles. The molecule has 2 N–H and O–H groups in total. The molecule has 10 heteroatoms. The second-order valence-corrected chi connectivity index (χ2v) is 7.65. The molecule has 1 amide bonds. The molecule has 9 nitrogen and oxygen atoms in total. The van der Waals surface area contributed by atoms with Gasteiger partial charge in [-0.1, -0.05) is 23.3 Å². The lowest BCUT2D eigenvalue weighted by molar-refractivity contribution is -0.113. The van der Waals surface area contributed by atoms with Crippen molar-refractivity contribution < 1.29 is 14.3 Å². The van der Waals surface area contributed by atoms with E-state index in [-0.39, 0.29) is 5.91 Å². The molecule has 2 heterocycles. The highest BCUT2D eigenvalue weighted by Gasteiger charge is 2.35. The Morgan fingerprint density at radius 1 is 1.29 bits per heavy atom. The number of carbonyl (C=O) groups excluding carboxylic acids is 1. The fourth-order valence-corrected chi connectivity index (χ4v) is 4.09. The summed E-state index contributed by atoms with van der Waals surface area (Å²) in [5.41, 5.74) is 2.60. The van der Waals surface area contributed by atoms with E-state index in [4.69, 9.17) is 9.47 Å². The van der Waals surface area contributed by atoms with Gasteiger partial charge in [-0.25, -0.2) is 0 Å². The summed E-state index contributed by atoms with van der Waals surface area (Å²) in [7, 11) is 1.57. The van der Waals surface area contributed by atoms with Gasteiger partial charge in [0.2, 0.25) is 5.95 Å². The smallest absolute Gasteiger partial charge is 0.255 e. The molecule has 160 valence electrons. The van der Waals surface area contributed by atoms with E-state index in [2.05, 4.69) is 42.1 Å². The number of para-hydroxylation sites is 1. The number of nitrogens with zero attached hydrogens (tertiary/aromatic N) is 4. The predicted octanol–water partition coefficient (Wildman–Crippen LogP) is 3.77. The van der Waals surface area contributed by atoms with Crippen LogP contribution in [0.3, 0.4) is 0 Å². The third kappa shape index (κ3) is 3.98. The Morgan fingerprint density at radius 2 is 2.06 bits per heavy atom. The number of aromatic nitrogens is 4. The van der Waals surface area contributed by atoms with Crippen molar-refractivity contribution in [3.05, 3.63) is 63.8 Å². The topological polar surface area (TPSA) is 103 Å². The summed E-state index contributed by atoms with van der Waals surface area (Å²) in [4.78, 5) is 13.3. The number of halogens is 1. The lowest BCUT2D eigenvalue weighted by Crippen LogP contribution is -2.31. The number of hydrogen-bond acceptors (Lipinski definition) is 7. The van der Waals surface area contributed by atoms with Gasteiger partial charge in [0.25, 0.3) is 5.91 Å². The van der Waals surface area contributed by atoms with Crippen molar-refractivity contribution in [3.63, 3.8) is 0 Å². The minimum atomic E-state index is -0.573. The molecule has 0 radical (unpaired) electrons. The van der Waals surface area contributed by atoms with E-state index in [0.29, 0.717) is 45.5 Å². The average molecular weight is 485 g/mol. The van der Waals surface area contributed by atoms with Crippen LogP contribution in [0.15, 0.2) is 58.2 Å². The van der Waals surface area contributed by atoms with Crippen molar-refractivity contribution in [1.82, 2.24) is 20.2 Å². The minimum Gasteiger partial charge on any atom is -0.493 e. The second-order valence-electron chi connectivity index (χ2n) is 6.80. The molecule has 0 unspecified atom stereocenters. The van der Waals surface area contributed by atoms with Crippen molar-refractivity contribution in [3.8, 4) is 11.5 Å². The molecule has 4 rings (SSSR count). The van der Waals surface area contributed by atoms with Crippen LogP contribution in [0.2, 0.25) is 0 Å². The normalized spacial score (nSPS) is 15.2. The van der Waals surface area contributed by atoms with Gasteiger partial charge < -0.3 is 20.1 Å². The molecule has 1 atom stereocenters. The highest BCUT2D eigenvalue weighted by molar-refractivity contribution is 9.10. The molecule has 1 aromatic heterocycles. The number of nitrogens with one attached hydrogen (secondary N) is 2. The van der Waals surface area contributed by atoms with E-state index >= 15 is 0 Å². The molecule has 31 heavy (non-hydrogen) atoms. The van der Waals surface area contributed by atoms with Gasteiger partial charge in [-0.3, -0.25) is 4.79 Å². The van der Waals surface area contributed by atoms with Crippen LogP contribution < -0.4 is 20.1 Å². The van der Waals surface area contributed by atoms with Gasteiger partial charge in [0.05, 0.1) is 23.8 Å². The summed E-state index contributed by atoms with van der Waals surface area (Å²) in [5, 5.41) is 18.0. The van der Waals surface area contributed by atoms with Crippen molar-refractivity contribution in [2.75, 3.05) is 24.4 Å². The van der Waals surface area contributed by atoms with Crippen molar-refractivity contribution in [1.29, 1.82) is 0 Å². The fraction of sp³-hybridized carbons (Fsp3) is 0.238. The van der Waals surface area contributed by atoms with E-state index in [1.165, 1.54) is 0 Å². The maximum atomic E-state index is 13.3. The molecule has 1 aliphatic heterocycles. The van der Waals surface area contributed by atoms with Gasteiger partial charge in [-0.05, 0) is 70.0 Å². The number of anilines is 2. The zero-order valence-corrected chi connectivity index (χ0v) is 18.8. The lowest BCUT2D eigenvalue weighted by Gasteiger charge is -2.28. The summed E-state index contributed by atoms with van der Waals surface area (Å²) in [6, 6.07) is 12.4. The largest absolute Gasteiger partial charge is 0.493 e. The Kier molecular flexibility index (Phi) is 5.90. The third-order valence-corrected chi connectivity index (χ3v) is 5.44. The van der Waals surface area contributed by atoms with Crippen LogP contribution in [-0.4, -0.2) is 39.8 Å².